The van der Waals surface area contributed by atoms with Crippen LogP contribution in [0.2, 0.25) is 0 Å². The summed E-state index contributed by atoms with van der Waals surface area (Å²) in [5.41, 5.74) is 2.27. The molecular formula is C17H21NO3. The zero-order chi connectivity index (χ0) is 15.8. The minimum atomic E-state index is -0.371. The third-order valence-corrected chi connectivity index (χ3v) is 3.16. The molecule has 4 heteroatoms. The van der Waals surface area contributed by atoms with Crippen LogP contribution in [0.3, 0.4) is 0 Å². The number of allylic oxidation sites excluding steroid dienone is 4. The molecule has 21 heavy (non-hydrogen) atoms. The van der Waals surface area contributed by atoms with Crippen molar-refractivity contribution >= 4 is 5.97 Å². The lowest BCUT2D eigenvalue weighted by Crippen LogP contribution is -2.19. The summed E-state index contributed by atoms with van der Waals surface area (Å²) in [5, 5.41) is 0. The number of hydrogen-bond donors (Lipinski definition) is 0. The average molecular weight is 287 g/mol. The predicted octanol–water partition coefficient (Wildman–Crippen LogP) is 2.86. The highest BCUT2D eigenvalue weighted by atomic mass is 16.5. The van der Waals surface area contributed by atoms with Gasteiger partial charge < -0.3 is 9.30 Å². The maximum atomic E-state index is 11.8. The van der Waals surface area contributed by atoms with Crippen molar-refractivity contribution in [1.82, 2.24) is 4.57 Å². The standard InChI is InChI=1S/C17H21NO3/c1-5-13(2)15(10-9-14(3)17(20)21-4)12-18-11-7-6-8-16(18)19/h6-11H,2,5,12H2,1,3-4H3. The number of esters is 1. The minimum absolute atomic E-state index is 0.0685. The largest absolute Gasteiger partial charge is 0.466 e. The molecule has 1 aromatic heterocycles. The molecule has 0 aliphatic carbocycles. The van der Waals surface area contributed by atoms with Crippen LogP contribution in [-0.4, -0.2) is 17.6 Å². The highest BCUT2D eigenvalue weighted by molar-refractivity contribution is 5.88. The summed E-state index contributed by atoms with van der Waals surface area (Å²) in [6.07, 6.45) is 6.02. The Balaban J connectivity index is 3.08. The smallest absolute Gasteiger partial charge is 0.333 e. The van der Waals surface area contributed by atoms with Crippen LogP contribution in [0.25, 0.3) is 0 Å². The van der Waals surface area contributed by atoms with Crippen LogP contribution in [0, 0.1) is 0 Å². The number of methoxy groups -OCH3 is 1. The molecule has 0 saturated carbocycles. The van der Waals surface area contributed by atoms with Crippen LogP contribution in [0.15, 0.2) is 64.6 Å². The first kappa shape index (κ1) is 16.7. The molecule has 1 aromatic rings. The Bertz CT molecular complexity index is 635. The van der Waals surface area contributed by atoms with Gasteiger partial charge in [0.15, 0.2) is 0 Å². The number of pyridine rings is 1. The van der Waals surface area contributed by atoms with E-state index in [9.17, 15) is 9.59 Å². The van der Waals surface area contributed by atoms with E-state index in [1.807, 2.05) is 19.1 Å². The van der Waals surface area contributed by atoms with Crippen LogP contribution < -0.4 is 5.56 Å². The van der Waals surface area contributed by atoms with E-state index in [0.29, 0.717) is 12.1 Å². The van der Waals surface area contributed by atoms with Gasteiger partial charge in [-0.1, -0.05) is 37.3 Å². The lowest BCUT2D eigenvalue weighted by molar-refractivity contribution is -0.136. The zero-order valence-corrected chi connectivity index (χ0v) is 12.8. The molecule has 0 unspecified atom stereocenters. The van der Waals surface area contributed by atoms with Crippen LogP contribution in [-0.2, 0) is 16.1 Å². The van der Waals surface area contributed by atoms with Crippen molar-refractivity contribution in [2.24, 2.45) is 0 Å². The quantitative estimate of drug-likeness (QED) is 0.459. The summed E-state index contributed by atoms with van der Waals surface area (Å²) < 4.78 is 6.26. The Labute approximate surface area is 125 Å². The van der Waals surface area contributed by atoms with Crippen molar-refractivity contribution in [3.8, 4) is 0 Å². The second-order valence-electron chi connectivity index (χ2n) is 4.66. The van der Waals surface area contributed by atoms with Gasteiger partial charge in [0.1, 0.15) is 0 Å². The van der Waals surface area contributed by atoms with Crippen LogP contribution in [0.1, 0.15) is 20.3 Å². The zero-order valence-electron chi connectivity index (χ0n) is 12.8. The normalized spacial score (nSPS) is 12.1. The molecule has 1 rings (SSSR count). The topological polar surface area (TPSA) is 48.3 Å². The molecule has 0 fully saturated rings. The molecule has 0 aliphatic heterocycles. The summed E-state index contributed by atoms with van der Waals surface area (Å²) >= 11 is 0. The third-order valence-electron chi connectivity index (χ3n) is 3.16. The highest BCUT2D eigenvalue weighted by Crippen LogP contribution is 2.14. The average Bonchev–Trinajstić information content (AvgIpc) is 2.51. The molecule has 0 saturated heterocycles. The molecule has 0 radical (unpaired) electrons. The fourth-order valence-corrected chi connectivity index (χ4v) is 1.74. The van der Waals surface area contributed by atoms with Gasteiger partial charge in [0.25, 0.3) is 5.56 Å². The number of hydrogen-bond acceptors (Lipinski definition) is 3. The second kappa shape index (κ2) is 8.04. The Kier molecular flexibility index (Phi) is 6.40. The van der Waals surface area contributed by atoms with Gasteiger partial charge >= 0.3 is 5.97 Å². The van der Waals surface area contributed by atoms with Crippen LogP contribution in [0.5, 0.6) is 0 Å². The van der Waals surface area contributed by atoms with E-state index < -0.39 is 0 Å². The van der Waals surface area contributed by atoms with Crippen molar-refractivity contribution < 1.29 is 9.53 Å². The molecule has 4 nitrogen and oxygen atoms in total. The summed E-state index contributed by atoms with van der Waals surface area (Å²) in [6.45, 7) is 8.13. The molecular weight excluding hydrogens is 266 g/mol. The predicted molar refractivity (Wildman–Crippen MR) is 84.0 cm³/mol. The Morgan fingerprint density at radius 2 is 2.10 bits per heavy atom. The molecule has 0 N–H and O–H groups in total. The summed E-state index contributed by atoms with van der Waals surface area (Å²) in [5.74, 6) is -0.371. The van der Waals surface area contributed by atoms with Gasteiger partial charge in [-0.15, -0.1) is 0 Å². The van der Waals surface area contributed by atoms with Crippen molar-refractivity contribution in [3.05, 3.63) is 70.2 Å². The molecule has 112 valence electrons. The van der Waals surface area contributed by atoms with Crippen LogP contribution in [0.4, 0.5) is 0 Å². The Morgan fingerprint density at radius 1 is 1.38 bits per heavy atom. The maximum absolute atomic E-state index is 11.8. The van der Waals surface area contributed by atoms with E-state index in [-0.39, 0.29) is 11.5 Å². The molecule has 0 bridgehead atoms. The first-order chi connectivity index (χ1) is 9.99. The monoisotopic (exact) mass is 287 g/mol. The molecule has 0 amide bonds. The van der Waals surface area contributed by atoms with Gasteiger partial charge in [-0.05, 0) is 25.0 Å². The van der Waals surface area contributed by atoms with E-state index in [1.165, 1.54) is 13.2 Å². The number of nitrogens with zero attached hydrogens (tertiary/aromatic N) is 1. The lowest BCUT2D eigenvalue weighted by Gasteiger charge is -2.11. The highest BCUT2D eigenvalue weighted by Gasteiger charge is 2.05. The van der Waals surface area contributed by atoms with E-state index in [2.05, 4.69) is 11.3 Å². The first-order valence-corrected chi connectivity index (χ1v) is 6.79. The number of carbonyl (C=O) groups excluding carboxylic acids is 1. The number of ether oxygens (including phenoxy) is 1. The number of carbonyl (C=O) groups is 1. The number of aromatic nitrogens is 1. The van der Waals surface area contributed by atoms with E-state index in [4.69, 9.17) is 0 Å². The SMILES string of the molecule is C=C(CC)C(=CC=C(C)C(=O)OC)Cn1ccccc1=O. The van der Waals surface area contributed by atoms with E-state index in [1.54, 1.807) is 29.8 Å². The van der Waals surface area contributed by atoms with Crippen molar-refractivity contribution in [2.45, 2.75) is 26.8 Å². The molecule has 0 atom stereocenters. The Morgan fingerprint density at radius 3 is 2.67 bits per heavy atom. The molecule has 1 heterocycles. The summed E-state index contributed by atoms with van der Waals surface area (Å²) in [4.78, 5) is 23.2. The van der Waals surface area contributed by atoms with Crippen LogP contribution >= 0.6 is 0 Å². The molecule has 0 spiro atoms. The Hall–Kier alpha value is -2.36. The summed E-state index contributed by atoms with van der Waals surface area (Å²) in [7, 11) is 1.35. The lowest BCUT2D eigenvalue weighted by atomic mass is 10.0. The fraction of sp³-hybridized carbons (Fsp3) is 0.294. The maximum Gasteiger partial charge on any atom is 0.333 e. The van der Waals surface area contributed by atoms with Gasteiger partial charge in [0, 0.05) is 17.8 Å². The minimum Gasteiger partial charge on any atom is -0.466 e. The summed E-state index contributed by atoms with van der Waals surface area (Å²) in [6, 6.07) is 5.03. The van der Waals surface area contributed by atoms with Crippen molar-refractivity contribution in [2.75, 3.05) is 7.11 Å². The van der Waals surface area contributed by atoms with Gasteiger partial charge in [-0.2, -0.15) is 0 Å². The van der Waals surface area contributed by atoms with Gasteiger partial charge in [-0.3, -0.25) is 4.79 Å². The second-order valence-corrected chi connectivity index (χ2v) is 4.66. The van der Waals surface area contributed by atoms with Gasteiger partial charge in [0.05, 0.1) is 13.7 Å². The molecule has 0 aliphatic rings. The van der Waals surface area contributed by atoms with Gasteiger partial charge in [0.2, 0.25) is 0 Å². The number of rotatable bonds is 6. The van der Waals surface area contributed by atoms with Gasteiger partial charge in [-0.25, -0.2) is 4.79 Å². The fourth-order valence-electron chi connectivity index (χ4n) is 1.74. The van der Waals surface area contributed by atoms with Crippen molar-refractivity contribution in [1.29, 1.82) is 0 Å². The van der Waals surface area contributed by atoms with E-state index >= 15 is 0 Å². The first-order valence-electron chi connectivity index (χ1n) is 6.79. The third kappa shape index (κ3) is 4.91. The van der Waals surface area contributed by atoms with E-state index in [0.717, 1.165) is 17.6 Å². The molecule has 0 aromatic carbocycles. The van der Waals surface area contributed by atoms with Crippen molar-refractivity contribution in [3.63, 3.8) is 0 Å².